The second kappa shape index (κ2) is 6.98. The van der Waals surface area contributed by atoms with Crippen LogP contribution in [0.15, 0.2) is 42.5 Å². The molecule has 0 aromatic heterocycles. The molecule has 1 aliphatic carbocycles. The number of rotatable bonds is 0. The van der Waals surface area contributed by atoms with Crippen molar-refractivity contribution in [1.29, 1.82) is 0 Å². The van der Waals surface area contributed by atoms with Crippen LogP contribution in [0.4, 0.5) is 0 Å². The Bertz CT molecular complexity index is 540. The van der Waals surface area contributed by atoms with E-state index < -0.39 is 0 Å². The number of hydrogen-bond acceptors (Lipinski definition) is 0. The molecule has 4 heteroatoms. The second-order valence-corrected chi connectivity index (χ2v) is 4.92. The van der Waals surface area contributed by atoms with Gasteiger partial charge in [-0.15, -0.1) is 0 Å². The third kappa shape index (κ3) is 2.64. The van der Waals surface area contributed by atoms with Crippen molar-refractivity contribution < 1.29 is 57.7 Å². The maximum absolute atomic E-state index is 2.30. The Morgan fingerprint density at radius 1 is 0.833 bits per heavy atom. The van der Waals surface area contributed by atoms with E-state index in [1.54, 1.807) is 0 Å². The van der Waals surface area contributed by atoms with Gasteiger partial charge in [0.05, 0.1) is 0 Å². The summed E-state index contributed by atoms with van der Waals surface area (Å²) in [6.07, 6.45) is 0. The summed E-state index contributed by atoms with van der Waals surface area (Å²) < 4.78 is 1.41. The van der Waals surface area contributed by atoms with Crippen LogP contribution < -0.4 is 41.1 Å². The van der Waals surface area contributed by atoms with Gasteiger partial charge in [-0.3, -0.25) is 0 Å². The summed E-state index contributed by atoms with van der Waals surface area (Å²) in [5.41, 5.74) is 5.84. The molecule has 2 aromatic carbocycles. The standard InChI is InChI=1S/C14H11.3ClH.Ti/c1-10-11-6-2-4-8-13(11)14-9-5-3-7-12(10)14;;;;/h2-6,8-10H,1H3;3*1H;/q;;;;+3/p-3. The van der Waals surface area contributed by atoms with Gasteiger partial charge in [-0.05, 0) is 0 Å². The summed E-state index contributed by atoms with van der Waals surface area (Å²) in [4.78, 5) is 0. The van der Waals surface area contributed by atoms with E-state index in [1.807, 2.05) is 0 Å². The Kier molecular flexibility index (Phi) is 6.99. The second-order valence-electron chi connectivity index (χ2n) is 4.08. The van der Waals surface area contributed by atoms with Crippen LogP contribution in [0.2, 0.25) is 0 Å². The molecule has 18 heavy (non-hydrogen) atoms. The van der Waals surface area contributed by atoms with Gasteiger partial charge in [0.25, 0.3) is 0 Å². The first kappa shape index (κ1) is 18.0. The van der Waals surface area contributed by atoms with Gasteiger partial charge >= 0.3 is 102 Å². The molecule has 0 nitrogen and oxygen atoms in total. The molecule has 3 rings (SSSR count). The molecule has 0 heterocycles. The number of hydrogen-bond donors (Lipinski definition) is 0. The largest absolute Gasteiger partial charge is 1.00 e. The summed E-state index contributed by atoms with van der Waals surface area (Å²) in [7, 11) is 0. The molecule has 0 saturated carbocycles. The first-order chi connectivity index (χ1) is 7.29. The van der Waals surface area contributed by atoms with Crippen LogP contribution in [-0.2, 0) is 20.4 Å². The number of benzene rings is 2. The van der Waals surface area contributed by atoms with Crippen molar-refractivity contribution >= 4 is 3.87 Å². The zero-order chi connectivity index (χ0) is 10.4. The monoisotopic (exact) mass is 332 g/mol. The SMILES string of the molecule is CC1c2ccccc2-c2ccc[c]([Ti+3])c21.[Cl-].[Cl-].[Cl-]. The Labute approximate surface area is 138 Å². The summed E-state index contributed by atoms with van der Waals surface area (Å²) in [6.45, 7) is 2.30. The maximum atomic E-state index is 2.30. The molecule has 0 spiro atoms. The Hall–Kier alpha value is 0.0243. The molecular weight excluding hydrogens is 322 g/mol. The molecule has 1 unspecified atom stereocenters. The van der Waals surface area contributed by atoms with Gasteiger partial charge in [-0.25, -0.2) is 0 Å². The van der Waals surface area contributed by atoms with E-state index in [0.717, 1.165) is 0 Å². The predicted molar refractivity (Wildman–Crippen MR) is 59.0 cm³/mol. The normalized spacial score (nSPS) is 14.5. The van der Waals surface area contributed by atoms with E-state index in [9.17, 15) is 0 Å². The molecule has 1 atom stereocenters. The van der Waals surface area contributed by atoms with Crippen molar-refractivity contribution in [2.45, 2.75) is 12.8 Å². The van der Waals surface area contributed by atoms with Gasteiger partial charge in [0.2, 0.25) is 0 Å². The van der Waals surface area contributed by atoms with Crippen LogP contribution >= 0.6 is 0 Å². The van der Waals surface area contributed by atoms with Crippen LogP contribution in [0.3, 0.4) is 0 Å². The smallest absolute Gasteiger partial charge is 1.00 e. The zero-order valence-electron chi connectivity index (χ0n) is 9.75. The van der Waals surface area contributed by atoms with Crippen molar-refractivity contribution in [2.24, 2.45) is 0 Å². The quantitative estimate of drug-likeness (QED) is 0.421. The van der Waals surface area contributed by atoms with Crippen LogP contribution in [0.5, 0.6) is 0 Å². The Morgan fingerprint density at radius 2 is 1.44 bits per heavy atom. The molecule has 2 aromatic rings. The van der Waals surface area contributed by atoms with Crippen molar-refractivity contribution in [3.05, 3.63) is 53.6 Å². The van der Waals surface area contributed by atoms with Crippen molar-refractivity contribution in [1.82, 2.24) is 0 Å². The van der Waals surface area contributed by atoms with Gasteiger partial charge in [-0.1, -0.05) is 0 Å². The van der Waals surface area contributed by atoms with Crippen molar-refractivity contribution in [3.8, 4) is 11.1 Å². The Balaban J connectivity index is 0.000000963. The molecule has 0 saturated heterocycles. The molecule has 0 amide bonds. The van der Waals surface area contributed by atoms with Crippen molar-refractivity contribution in [2.75, 3.05) is 0 Å². The summed E-state index contributed by atoms with van der Waals surface area (Å²) >= 11 is 2.21. The minimum Gasteiger partial charge on any atom is -1.00 e. The van der Waals surface area contributed by atoms with E-state index in [4.69, 9.17) is 0 Å². The molecule has 1 aliphatic rings. The molecule has 92 valence electrons. The molecule has 0 radical (unpaired) electrons. The van der Waals surface area contributed by atoms with Crippen molar-refractivity contribution in [3.63, 3.8) is 0 Å². The predicted octanol–water partition coefficient (Wildman–Crippen LogP) is -6.00. The van der Waals surface area contributed by atoms with Gasteiger partial charge < -0.3 is 37.2 Å². The van der Waals surface area contributed by atoms with Gasteiger partial charge in [0, 0.05) is 0 Å². The van der Waals surface area contributed by atoms with E-state index in [-0.39, 0.29) is 37.2 Å². The third-order valence-electron chi connectivity index (χ3n) is 3.26. The topological polar surface area (TPSA) is 0 Å². The minimum atomic E-state index is 0. The fourth-order valence-corrected chi connectivity index (χ4v) is 3.24. The molecular formula is C14H11Cl3Ti. The van der Waals surface area contributed by atoms with E-state index in [0.29, 0.717) is 5.92 Å². The first-order valence-corrected chi connectivity index (χ1v) is 6.01. The minimum absolute atomic E-state index is 0. The molecule has 0 bridgehead atoms. The van der Waals surface area contributed by atoms with Crippen LogP contribution in [0.25, 0.3) is 11.1 Å². The summed E-state index contributed by atoms with van der Waals surface area (Å²) in [6, 6.07) is 15.4. The van der Waals surface area contributed by atoms with Crippen LogP contribution in [0.1, 0.15) is 24.0 Å². The zero-order valence-corrected chi connectivity index (χ0v) is 13.6. The fraction of sp³-hybridized carbons (Fsp3) is 0.143. The number of halogens is 3. The van der Waals surface area contributed by atoms with E-state index in [2.05, 4.69) is 69.8 Å². The average molecular weight is 333 g/mol. The van der Waals surface area contributed by atoms with Crippen LogP contribution in [0, 0.1) is 0 Å². The van der Waals surface area contributed by atoms with E-state index >= 15 is 0 Å². The number of fused-ring (bicyclic) bond motifs is 3. The van der Waals surface area contributed by atoms with Gasteiger partial charge in [-0.2, -0.15) is 0 Å². The maximum Gasteiger partial charge on any atom is -1.00 e. The Morgan fingerprint density at radius 3 is 2.17 bits per heavy atom. The van der Waals surface area contributed by atoms with E-state index in [1.165, 1.54) is 26.1 Å². The average Bonchev–Trinajstić information content (AvgIpc) is 2.55. The van der Waals surface area contributed by atoms with Crippen LogP contribution in [-0.4, -0.2) is 0 Å². The van der Waals surface area contributed by atoms with Gasteiger partial charge in [0.1, 0.15) is 0 Å². The summed E-state index contributed by atoms with van der Waals surface area (Å²) in [5.74, 6) is 0.553. The third-order valence-corrected chi connectivity index (χ3v) is 3.94. The molecule has 0 aliphatic heterocycles. The summed E-state index contributed by atoms with van der Waals surface area (Å²) in [5, 5.41) is 0. The fourth-order valence-electron chi connectivity index (χ4n) is 2.54. The molecule has 0 N–H and O–H groups in total. The first-order valence-electron chi connectivity index (χ1n) is 5.23. The molecule has 0 fully saturated rings. The van der Waals surface area contributed by atoms with Gasteiger partial charge in [0.15, 0.2) is 0 Å².